The van der Waals surface area contributed by atoms with E-state index in [0.29, 0.717) is 24.9 Å². The van der Waals surface area contributed by atoms with Gasteiger partial charge in [0.05, 0.1) is 0 Å². The average molecular weight is 220 g/mol. The fraction of sp³-hybridized carbons (Fsp3) is 0.750. The maximum Gasteiger partial charge on any atom is 0.318 e. The van der Waals surface area contributed by atoms with Crippen molar-refractivity contribution in [2.45, 2.75) is 19.2 Å². The lowest BCUT2D eigenvalue weighted by Crippen LogP contribution is -2.24. The molecule has 0 aliphatic heterocycles. The molecule has 1 heterocycles. The highest BCUT2D eigenvalue weighted by molar-refractivity contribution is 6.16. The van der Waals surface area contributed by atoms with Crippen molar-refractivity contribution in [3.8, 4) is 0 Å². The number of aliphatic hydroxyl groups excluding tert-OH is 1. The number of rotatable bonds is 6. The molecule has 0 aliphatic carbocycles. The number of halogens is 1. The second kappa shape index (κ2) is 5.82. The van der Waals surface area contributed by atoms with Crippen molar-refractivity contribution < 1.29 is 9.52 Å². The Kier molecular flexibility index (Phi) is 4.69. The number of alkyl halides is 1. The highest BCUT2D eigenvalue weighted by atomic mass is 35.5. The van der Waals surface area contributed by atoms with E-state index in [9.17, 15) is 0 Å². The van der Waals surface area contributed by atoms with Crippen molar-refractivity contribution in [2.75, 3.05) is 24.6 Å². The maximum atomic E-state index is 8.69. The van der Waals surface area contributed by atoms with Crippen molar-refractivity contribution in [3.05, 3.63) is 5.89 Å². The monoisotopic (exact) mass is 219 g/mol. The molecule has 6 heteroatoms. The minimum atomic E-state index is 0.160. The van der Waals surface area contributed by atoms with Gasteiger partial charge in [-0.15, -0.1) is 16.7 Å². The molecule has 0 radical (unpaired) electrons. The van der Waals surface area contributed by atoms with Crippen LogP contribution in [0.5, 0.6) is 0 Å². The van der Waals surface area contributed by atoms with Gasteiger partial charge in [0, 0.05) is 19.7 Å². The zero-order valence-corrected chi connectivity index (χ0v) is 8.87. The van der Waals surface area contributed by atoms with Crippen LogP contribution in [0.25, 0.3) is 0 Å². The summed E-state index contributed by atoms with van der Waals surface area (Å²) in [6, 6.07) is 0.469. The van der Waals surface area contributed by atoms with Gasteiger partial charge in [-0.25, -0.2) is 0 Å². The Morgan fingerprint density at radius 2 is 2.29 bits per heavy atom. The Hall–Kier alpha value is -0.810. The predicted molar refractivity (Wildman–Crippen MR) is 53.4 cm³/mol. The molecule has 0 aromatic carbocycles. The molecule has 0 saturated heterocycles. The number of nitrogens with zero attached hydrogens (tertiary/aromatic N) is 3. The molecule has 1 aromatic heterocycles. The minimum absolute atomic E-state index is 0.160. The standard InChI is InChI=1S/C8H14ClN3O2/c1-2-12(4-3-5-13)8-11-10-7(6-9)14-8/h13H,2-6H2,1H3. The molecule has 0 unspecified atom stereocenters. The SMILES string of the molecule is CCN(CCCO)c1nnc(CCl)o1. The van der Waals surface area contributed by atoms with E-state index < -0.39 is 0 Å². The molecule has 0 amide bonds. The summed E-state index contributed by atoms with van der Waals surface area (Å²) < 4.78 is 5.27. The van der Waals surface area contributed by atoms with E-state index in [0.717, 1.165) is 6.54 Å². The Labute approximate surface area is 87.7 Å². The van der Waals surface area contributed by atoms with Gasteiger partial charge in [-0.1, -0.05) is 5.10 Å². The third kappa shape index (κ3) is 2.85. The number of hydrogen-bond acceptors (Lipinski definition) is 5. The van der Waals surface area contributed by atoms with Crippen molar-refractivity contribution in [2.24, 2.45) is 0 Å². The highest BCUT2D eigenvalue weighted by Gasteiger charge is 2.11. The summed E-state index contributed by atoms with van der Waals surface area (Å²) in [6.07, 6.45) is 0.687. The Balaban J connectivity index is 2.58. The van der Waals surface area contributed by atoms with Gasteiger partial charge in [-0.3, -0.25) is 0 Å². The van der Waals surface area contributed by atoms with Crippen LogP contribution in [0, 0.1) is 0 Å². The lowest BCUT2D eigenvalue weighted by molar-refractivity contribution is 0.288. The van der Waals surface area contributed by atoms with Crippen molar-refractivity contribution >= 4 is 17.6 Å². The smallest absolute Gasteiger partial charge is 0.318 e. The molecule has 0 spiro atoms. The van der Waals surface area contributed by atoms with Crippen molar-refractivity contribution in [1.29, 1.82) is 0 Å². The fourth-order valence-corrected chi connectivity index (χ4v) is 1.19. The van der Waals surface area contributed by atoms with E-state index in [1.165, 1.54) is 0 Å². The van der Waals surface area contributed by atoms with Crippen LogP contribution in [0.3, 0.4) is 0 Å². The lowest BCUT2D eigenvalue weighted by atomic mass is 10.4. The molecule has 0 fully saturated rings. The largest absolute Gasteiger partial charge is 0.407 e. The lowest BCUT2D eigenvalue weighted by Gasteiger charge is -2.16. The van der Waals surface area contributed by atoms with Crippen LogP contribution in [-0.2, 0) is 5.88 Å². The maximum absolute atomic E-state index is 8.69. The molecule has 14 heavy (non-hydrogen) atoms. The van der Waals surface area contributed by atoms with Gasteiger partial charge in [0.2, 0.25) is 5.89 Å². The van der Waals surface area contributed by atoms with Crippen molar-refractivity contribution in [3.63, 3.8) is 0 Å². The summed E-state index contributed by atoms with van der Waals surface area (Å²) >= 11 is 5.54. The average Bonchev–Trinajstić information content (AvgIpc) is 2.68. The van der Waals surface area contributed by atoms with Crippen LogP contribution in [0.4, 0.5) is 6.01 Å². The van der Waals surface area contributed by atoms with Gasteiger partial charge < -0.3 is 14.4 Å². The van der Waals surface area contributed by atoms with Crippen LogP contribution in [-0.4, -0.2) is 35.0 Å². The van der Waals surface area contributed by atoms with E-state index >= 15 is 0 Å². The molecule has 0 aliphatic rings. The topological polar surface area (TPSA) is 62.4 Å². The molecule has 0 bridgehead atoms. The summed E-state index contributed by atoms with van der Waals surface area (Å²) in [5, 5.41) is 16.3. The van der Waals surface area contributed by atoms with Crippen molar-refractivity contribution in [1.82, 2.24) is 10.2 Å². The van der Waals surface area contributed by atoms with Gasteiger partial charge in [-0.05, 0) is 13.3 Å². The molecule has 0 saturated carbocycles. The molecule has 80 valence electrons. The number of aliphatic hydroxyl groups is 1. The zero-order chi connectivity index (χ0) is 10.4. The summed E-state index contributed by atoms with van der Waals surface area (Å²) in [7, 11) is 0. The second-order valence-corrected chi connectivity index (χ2v) is 3.04. The predicted octanol–water partition coefficient (Wildman–Crippen LogP) is 1.02. The van der Waals surface area contributed by atoms with Crippen LogP contribution in [0.15, 0.2) is 4.42 Å². The summed E-state index contributed by atoms with van der Waals surface area (Å²) in [5.41, 5.74) is 0. The van der Waals surface area contributed by atoms with Gasteiger partial charge in [0.25, 0.3) is 0 Å². The Bertz CT molecular complexity index is 267. The molecular weight excluding hydrogens is 206 g/mol. The van der Waals surface area contributed by atoms with E-state index in [2.05, 4.69) is 10.2 Å². The van der Waals surface area contributed by atoms with Crippen LogP contribution in [0.2, 0.25) is 0 Å². The quantitative estimate of drug-likeness (QED) is 0.724. The van der Waals surface area contributed by atoms with E-state index in [1.807, 2.05) is 11.8 Å². The van der Waals surface area contributed by atoms with E-state index in [-0.39, 0.29) is 12.5 Å². The van der Waals surface area contributed by atoms with Gasteiger partial charge >= 0.3 is 6.01 Å². The molecule has 1 N–H and O–H groups in total. The normalized spacial score (nSPS) is 10.5. The molecule has 1 rings (SSSR count). The first-order valence-electron chi connectivity index (χ1n) is 4.56. The number of anilines is 1. The number of aromatic nitrogens is 2. The third-order valence-corrected chi connectivity index (χ3v) is 2.04. The Morgan fingerprint density at radius 1 is 1.50 bits per heavy atom. The first-order valence-corrected chi connectivity index (χ1v) is 5.09. The molecule has 5 nitrogen and oxygen atoms in total. The fourth-order valence-electron chi connectivity index (χ4n) is 1.08. The molecular formula is C8H14ClN3O2. The number of hydrogen-bond donors (Lipinski definition) is 1. The van der Waals surface area contributed by atoms with Gasteiger partial charge in [-0.2, -0.15) is 0 Å². The van der Waals surface area contributed by atoms with Crippen LogP contribution < -0.4 is 4.90 Å². The second-order valence-electron chi connectivity index (χ2n) is 2.77. The first-order chi connectivity index (χ1) is 6.81. The van der Waals surface area contributed by atoms with Crippen LogP contribution in [0.1, 0.15) is 19.2 Å². The highest BCUT2D eigenvalue weighted by Crippen LogP contribution is 2.13. The minimum Gasteiger partial charge on any atom is -0.407 e. The summed E-state index contributed by atoms with van der Waals surface area (Å²) in [5.74, 6) is 0.647. The molecule has 0 atom stereocenters. The third-order valence-electron chi connectivity index (χ3n) is 1.81. The first kappa shape index (κ1) is 11.3. The Morgan fingerprint density at radius 3 is 2.79 bits per heavy atom. The molecule has 1 aromatic rings. The van der Waals surface area contributed by atoms with E-state index in [1.54, 1.807) is 0 Å². The summed E-state index contributed by atoms with van der Waals surface area (Å²) in [6.45, 7) is 3.62. The zero-order valence-electron chi connectivity index (χ0n) is 8.11. The summed E-state index contributed by atoms with van der Waals surface area (Å²) in [4.78, 5) is 1.90. The van der Waals surface area contributed by atoms with Gasteiger partial charge in [0.1, 0.15) is 5.88 Å². The van der Waals surface area contributed by atoms with Crippen LogP contribution >= 0.6 is 11.6 Å². The van der Waals surface area contributed by atoms with E-state index in [4.69, 9.17) is 21.1 Å². The van der Waals surface area contributed by atoms with Gasteiger partial charge in [0.15, 0.2) is 0 Å².